The van der Waals surface area contributed by atoms with Crippen LogP contribution in [0.1, 0.15) is 16.8 Å². The van der Waals surface area contributed by atoms with Gasteiger partial charge in [0.05, 0.1) is 11.2 Å². The van der Waals surface area contributed by atoms with Crippen LogP contribution in [-0.2, 0) is 9.53 Å². The molecule has 0 bridgehead atoms. The Hall–Kier alpha value is -2.73. The fraction of sp³-hybridized carbons (Fsp3) is 0.278. The lowest BCUT2D eigenvalue weighted by Gasteiger charge is -2.11. The molecule has 6 heteroatoms. The van der Waals surface area contributed by atoms with Crippen LogP contribution >= 0.6 is 0 Å². The van der Waals surface area contributed by atoms with Crippen molar-refractivity contribution in [3.05, 3.63) is 47.2 Å². The molecule has 1 N–H and O–H groups in total. The van der Waals surface area contributed by atoms with Crippen molar-refractivity contribution in [2.45, 2.75) is 20.8 Å². The van der Waals surface area contributed by atoms with Gasteiger partial charge in [-0.2, -0.15) is 9.78 Å². The predicted octanol–water partition coefficient (Wildman–Crippen LogP) is 2.93. The van der Waals surface area contributed by atoms with Crippen molar-refractivity contribution < 1.29 is 9.53 Å². The maximum atomic E-state index is 11.8. The number of hydrogen-bond acceptors (Lipinski definition) is 4. The van der Waals surface area contributed by atoms with Gasteiger partial charge in [-0.05, 0) is 38.0 Å². The average Bonchev–Trinajstić information content (AvgIpc) is 2.89. The molecule has 24 heavy (non-hydrogen) atoms. The number of methoxy groups -OCH3 is 1. The molecule has 0 aliphatic heterocycles. The summed E-state index contributed by atoms with van der Waals surface area (Å²) < 4.78 is 6.52. The van der Waals surface area contributed by atoms with Gasteiger partial charge in [0.15, 0.2) is 5.82 Å². The van der Waals surface area contributed by atoms with Crippen LogP contribution in [0, 0.1) is 20.8 Å². The van der Waals surface area contributed by atoms with Crippen LogP contribution < -0.4 is 5.32 Å². The Balaban J connectivity index is 2.11. The van der Waals surface area contributed by atoms with Crippen molar-refractivity contribution in [1.29, 1.82) is 0 Å². The number of aromatic nitrogens is 3. The number of nitrogens with one attached hydrogen (secondary N) is 1. The third kappa shape index (κ3) is 3.00. The largest absolute Gasteiger partial charge is 0.375 e. The second-order valence-electron chi connectivity index (χ2n) is 5.83. The molecule has 0 saturated heterocycles. The number of rotatable bonds is 4. The number of carbonyl (C=O) groups excluding carboxylic acids is 1. The second kappa shape index (κ2) is 6.41. The zero-order valence-corrected chi connectivity index (χ0v) is 14.3. The molecular formula is C18H20N4O2. The lowest BCUT2D eigenvalue weighted by molar-refractivity contribution is -0.119. The van der Waals surface area contributed by atoms with Crippen molar-refractivity contribution in [2.24, 2.45) is 0 Å². The Labute approximate surface area is 140 Å². The molecule has 2 aromatic heterocycles. The van der Waals surface area contributed by atoms with Gasteiger partial charge in [-0.15, -0.1) is 0 Å². The lowest BCUT2D eigenvalue weighted by atomic mass is 10.1. The zero-order chi connectivity index (χ0) is 17.3. The Morgan fingerprint density at radius 3 is 2.75 bits per heavy atom. The van der Waals surface area contributed by atoms with E-state index in [-0.39, 0.29) is 12.5 Å². The van der Waals surface area contributed by atoms with Gasteiger partial charge in [-0.1, -0.05) is 18.2 Å². The summed E-state index contributed by atoms with van der Waals surface area (Å²) in [5.74, 6) is 1.02. The molecule has 0 radical (unpaired) electrons. The molecule has 1 amide bonds. The number of nitrogens with zero attached hydrogens (tertiary/aromatic N) is 3. The van der Waals surface area contributed by atoms with Gasteiger partial charge in [0.1, 0.15) is 12.4 Å². The van der Waals surface area contributed by atoms with E-state index in [0.717, 1.165) is 27.7 Å². The highest BCUT2D eigenvalue weighted by Gasteiger charge is 2.13. The number of fused-ring (bicyclic) bond motifs is 1. The standard InChI is InChI=1S/C18H20N4O2/c1-11-6-5-7-14-12(2)8-15(20-18(11)14)22-16(9-13(3)21-22)19-17(23)10-24-4/h5-9H,10H2,1-4H3,(H,19,23). The maximum Gasteiger partial charge on any atom is 0.251 e. The molecule has 0 saturated carbocycles. The Bertz CT molecular complexity index is 915. The van der Waals surface area contributed by atoms with Gasteiger partial charge >= 0.3 is 0 Å². The van der Waals surface area contributed by atoms with E-state index in [1.54, 1.807) is 4.68 Å². The van der Waals surface area contributed by atoms with E-state index in [0.29, 0.717) is 11.6 Å². The summed E-state index contributed by atoms with van der Waals surface area (Å²) in [4.78, 5) is 16.6. The van der Waals surface area contributed by atoms with Gasteiger partial charge in [-0.3, -0.25) is 4.79 Å². The van der Waals surface area contributed by atoms with Gasteiger partial charge in [0, 0.05) is 18.6 Å². The molecule has 124 valence electrons. The number of benzene rings is 1. The molecule has 3 rings (SSSR count). The Morgan fingerprint density at radius 2 is 2.00 bits per heavy atom. The van der Waals surface area contributed by atoms with Crippen LogP contribution in [0.5, 0.6) is 0 Å². The van der Waals surface area contributed by atoms with E-state index < -0.39 is 0 Å². The summed E-state index contributed by atoms with van der Waals surface area (Å²) in [6.45, 7) is 5.95. The molecule has 0 spiro atoms. The first kappa shape index (κ1) is 16.1. The van der Waals surface area contributed by atoms with Crippen molar-refractivity contribution in [3.63, 3.8) is 0 Å². The summed E-state index contributed by atoms with van der Waals surface area (Å²) >= 11 is 0. The number of carbonyl (C=O) groups is 1. The topological polar surface area (TPSA) is 69.0 Å². The average molecular weight is 324 g/mol. The second-order valence-corrected chi connectivity index (χ2v) is 5.83. The summed E-state index contributed by atoms with van der Waals surface area (Å²) in [6.07, 6.45) is 0. The third-order valence-corrected chi connectivity index (χ3v) is 3.83. The fourth-order valence-electron chi connectivity index (χ4n) is 2.73. The zero-order valence-electron chi connectivity index (χ0n) is 14.3. The summed E-state index contributed by atoms with van der Waals surface area (Å²) in [7, 11) is 1.49. The molecule has 2 heterocycles. The highest BCUT2D eigenvalue weighted by atomic mass is 16.5. The van der Waals surface area contributed by atoms with Crippen LogP contribution in [0.15, 0.2) is 30.3 Å². The highest BCUT2D eigenvalue weighted by molar-refractivity contribution is 5.91. The lowest BCUT2D eigenvalue weighted by Crippen LogP contribution is -2.19. The van der Waals surface area contributed by atoms with Crippen molar-refractivity contribution in [3.8, 4) is 5.82 Å². The van der Waals surface area contributed by atoms with E-state index >= 15 is 0 Å². The smallest absolute Gasteiger partial charge is 0.251 e. The number of para-hydroxylation sites is 1. The number of aryl methyl sites for hydroxylation is 3. The van der Waals surface area contributed by atoms with E-state index in [1.807, 2.05) is 45.0 Å². The van der Waals surface area contributed by atoms with Gasteiger partial charge in [-0.25, -0.2) is 4.98 Å². The SMILES string of the molecule is COCC(=O)Nc1cc(C)nn1-c1cc(C)c2cccc(C)c2n1. The molecule has 3 aromatic rings. The van der Waals surface area contributed by atoms with Crippen LogP contribution in [-0.4, -0.2) is 34.4 Å². The van der Waals surface area contributed by atoms with E-state index in [2.05, 4.69) is 16.5 Å². The number of hydrogen-bond donors (Lipinski definition) is 1. The highest BCUT2D eigenvalue weighted by Crippen LogP contribution is 2.24. The number of amides is 1. The van der Waals surface area contributed by atoms with Gasteiger partial charge in [0.25, 0.3) is 5.91 Å². The molecule has 0 aliphatic rings. The monoisotopic (exact) mass is 324 g/mol. The first-order chi connectivity index (χ1) is 11.5. The van der Waals surface area contributed by atoms with Gasteiger partial charge < -0.3 is 10.1 Å². The molecule has 0 aliphatic carbocycles. The van der Waals surface area contributed by atoms with E-state index in [9.17, 15) is 4.79 Å². The Morgan fingerprint density at radius 1 is 1.21 bits per heavy atom. The quantitative estimate of drug-likeness (QED) is 0.801. The van der Waals surface area contributed by atoms with Crippen molar-refractivity contribution in [1.82, 2.24) is 14.8 Å². The minimum atomic E-state index is -0.229. The fourth-order valence-corrected chi connectivity index (χ4v) is 2.73. The first-order valence-electron chi connectivity index (χ1n) is 7.72. The van der Waals surface area contributed by atoms with Crippen LogP contribution in [0.3, 0.4) is 0 Å². The van der Waals surface area contributed by atoms with Crippen LogP contribution in [0.4, 0.5) is 5.82 Å². The molecule has 0 unspecified atom stereocenters. The molecular weight excluding hydrogens is 304 g/mol. The van der Waals surface area contributed by atoms with E-state index in [4.69, 9.17) is 9.72 Å². The molecule has 6 nitrogen and oxygen atoms in total. The molecule has 0 fully saturated rings. The Kier molecular flexibility index (Phi) is 4.31. The summed E-state index contributed by atoms with van der Waals surface area (Å²) in [5, 5.41) is 8.40. The van der Waals surface area contributed by atoms with Crippen LogP contribution in [0.25, 0.3) is 16.7 Å². The third-order valence-electron chi connectivity index (χ3n) is 3.83. The minimum absolute atomic E-state index is 0.00644. The van der Waals surface area contributed by atoms with E-state index in [1.165, 1.54) is 7.11 Å². The summed E-state index contributed by atoms with van der Waals surface area (Å²) in [6, 6.07) is 9.91. The first-order valence-corrected chi connectivity index (χ1v) is 7.72. The van der Waals surface area contributed by atoms with Crippen molar-refractivity contribution >= 4 is 22.6 Å². The van der Waals surface area contributed by atoms with Crippen molar-refractivity contribution in [2.75, 3.05) is 19.0 Å². The minimum Gasteiger partial charge on any atom is -0.375 e. The van der Waals surface area contributed by atoms with Gasteiger partial charge in [0.2, 0.25) is 0 Å². The predicted molar refractivity (Wildman–Crippen MR) is 93.6 cm³/mol. The number of ether oxygens (including phenoxy) is 1. The normalized spacial score (nSPS) is 11.0. The number of pyridine rings is 1. The molecule has 0 atom stereocenters. The number of anilines is 1. The maximum absolute atomic E-state index is 11.8. The summed E-state index contributed by atoms with van der Waals surface area (Å²) in [5.41, 5.74) is 3.95. The van der Waals surface area contributed by atoms with Crippen LogP contribution in [0.2, 0.25) is 0 Å². The molecule has 1 aromatic carbocycles.